The van der Waals surface area contributed by atoms with E-state index in [4.69, 9.17) is 16.9 Å². The second-order valence-electron chi connectivity index (χ2n) is 2.17. The third-order valence-electron chi connectivity index (χ3n) is 1.32. The third kappa shape index (κ3) is 2.17. The highest BCUT2D eigenvalue weighted by Gasteiger charge is 2.09. The van der Waals surface area contributed by atoms with Gasteiger partial charge in [-0.15, -0.1) is 0 Å². The summed E-state index contributed by atoms with van der Waals surface area (Å²) in [6.45, 7) is 0. The number of carbonyl (C=O) groups excluding carboxylic acids is 1. The molecule has 5 heteroatoms. The van der Waals surface area contributed by atoms with Gasteiger partial charge < -0.3 is 4.74 Å². The van der Waals surface area contributed by atoms with Gasteiger partial charge in [0.2, 0.25) is 0 Å². The summed E-state index contributed by atoms with van der Waals surface area (Å²) in [5.41, 5.74) is 0.312. The first-order valence-electron chi connectivity index (χ1n) is 3.33. The van der Waals surface area contributed by atoms with E-state index in [0.29, 0.717) is 0 Å². The molecule has 66 valence electrons. The first-order valence-corrected chi connectivity index (χ1v) is 3.71. The largest absolute Gasteiger partial charge is 0.464 e. The summed E-state index contributed by atoms with van der Waals surface area (Å²) in [4.78, 5) is 14.7. The van der Waals surface area contributed by atoms with Crippen LogP contribution in [0.4, 0.5) is 0 Å². The van der Waals surface area contributed by atoms with Gasteiger partial charge in [-0.25, -0.2) is 9.78 Å². The average molecular weight is 197 g/mol. The molecule has 0 saturated carbocycles. The number of pyridine rings is 1. The number of nitriles is 1. The minimum absolute atomic E-state index is 0.0338. The van der Waals surface area contributed by atoms with E-state index in [1.165, 1.54) is 19.2 Å². The van der Waals surface area contributed by atoms with Crippen LogP contribution in [0.5, 0.6) is 0 Å². The molecule has 0 aliphatic carbocycles. The zero-order chi connectivity index (χ0) is 9.84. The number of rotatable bonds is 1. The predicted octanol–water partition coefficient (Wildman–Crippen LogP) is 1.39. The van der Waals surface area contributed by atoms with E-state index in [1.807, 2.05) is 6.07 Å². The normalized spacial score (nSPS) is 9.00. The van der Waals surface area contributed by atoms with Crippen LogP contribution in [0.25, 0.3) is 0 Å². The van der Waals surface area contributed by atoms with Crippen molar-refractivity contribution < 1.29 is 9.53 Å². The Kier molecular flexibility index (Phi) is 2.83. The van der Waals surface area contributed by atoms with Crippen LogP contribution in [0.1, 0.15) is 16.1 Å². The van der Waals surface area contributed by atoms with Gasteiger partial charge in [-0.05, 0) is 12.1 Å². The molecule has 13 heavy (non-hydrogen) atoms. The van der Waals surface area contributed by atoms with Crippen molar-refractivity contribution in [2.75, 3.05) is 7.11 Å². The zero-order valence-electron chi connectivity index (χ0n) is 6.74. The number of hydrogen-bond donors (Lipinski definition) is 0. The third-order valence-corrected chi connectivity index (χ3v) is 1.51. The highest BCUT2D eigenvalue weighted by Crippen LogP contribution is 2.10. The molecule has 0 saturated heterocycles. The lowest BCUT2D eigenvalue weighted by Gasteiger charge is -1.98. The number of aromatic nitrogens is 1. The summed E-state index contributed by atoms with van der Waals surface area (Å²) < 4.78 is 4.42. The van der Waals surface area contributed by atoms with Gasteiger partial charge in [0.05, 0.1) is 18.7 Å². The van der Waals surface area contributed by atoms with Gasteiger partial charge in [0.15, 0.2) is 5.69 Å². The summed E-state index contributed by atoms with van der Waals surface area (Å²) in [7, 11) is 1.23. The Bertz CT molecular complexity index is 384. The molecule has 1 heterocycles. The van der Waals surface area contributed by atoms with Crippen molar-refractivity contribution in [3.8, 4) is 6.07 Å². The quantitative estimate of drug-likeness (QED) is 0.503. The molecule has 1 rings (SSSR count). The zero-order valence-corrected chi connectivity index (χ0v) is 7.50. The highest BCUT2D eigenvalue weighted by molar-refractivity contribution is 6.29. The summed E-state index contributed by atoms with van der Waals surface area (Å²) in [5.74, 6) is -0.612. The maximum Gasteiger partial charge on any atom is 0.356 e. The molecule has 0 fully saturated rings. The molecule has 0 aliphatic heterocycles. The van der Waals surface area contributed by atoms with Crippen molar-refractivity contribution in [2.45, 2.75) is 0 Å². The fraction of sp³-hybridized carbons (Fsp3) is 0.125. The van der Waals surface area contributed by atoms with Gasteiger partial charge in [-0.1, -0.05) is 11.6 Å². The topological polar surface area (TPSA) is 63.0 Å². The Morgan fingerprint density at radius 3 is 2.92 bits per heavy atom. The SMILES string of the molecule is COC(=O)c1cc(C#N)cc(Cl)n1. The number of hydrogen-bond acceptors (Lipinski definition) is 4. The van der Waals surface area contributed by atoms with Gasteiger partial charge in [0, 0.05) is 0 Å². The van der Waals surface area contributed by atoms with Crippen LogP contribution in [0.15, 0.2) is 12.1 Å². The van der Waals surface area contributed by atoms with Crippen LogP contribution >= 0.6 is 11.6 Å². The number of methoxy groups -OCH3 is 1. The first kappa shape index (κ1) is 9.49. The van der Waals surface area contributed by atoms with Crippen molar-refractivity contribution in [1.82, 2.24) is 4.98 Å². The smallest absolute Gasteiger partial charge is 0.356 e. The van der Waals surface area contributed by atoms with Gasteiger partial charge in [0.25, 0.3) is 0 Å². The minimum atomic E-state index is -0.612. The number of halogens is 1. The van der Waals surface area contributed by atoms with Crippen LogP contribution in [0.3, 0.4) is 0 Å². The lowest BCUT2D eigenvalue weighted by molar-refractivity contribution is 0.0594. The molecule has 0 unspecified atom stereocenters. The lowest BCUT2D eigenvalue weighted by atomic mass is 10.2. The second kappa shape index (κ2) is 3.87. The molecule has 0 bridgehead atoms. The molecule has 1 aromatic heterocycles. The number of ether oxygens (including phenoxy) is 1. The molecule has 0 aliphatic rings. The first-order chi connectivity index (χ1) is 6.17. The molecule has 0 radical (unpaired) electrons. The summed E-state index contributed by atoms with van der Waals surface area (Å²) >= 11 is 5.56. The van der Waals surface area contributed by atoms with E-state index in [0.717, 1.165) is 0 Å². The summed E-state index contributed by atoms with van der Waals surface area (Å²) in [5, 5.41) is 8.65. The van der Waals surface area contributed by atoms with E-state index in [9.17, 15) is 4.79 Å². The fourth-order valence-corrected chi connectivity index (χ4v) is 0.979. The molecule has 0 atom stereocenters. The van der Waals surface area contributed by atoms with E-state index in [1.54, 1.807) is 0 Å². The van der Waals surface area contributed by atoms with E-state index in [-0.39, 0.29) is 16.4 Å². The molecule has 0 amide bonds. The standard InChI is InChI=1S/C8H5ClN2O2/c1-13-8(12)6-2-5(4-10)3-7(9)11-6/h2-3H,1H3. The Morgan fingerprint density at radius 2 is 2.38 bits per heavy atom. The predicted molar refractivity (Wildman–Crippen MR) is 45.3 cm³/mol. The van der Waals surface area contributed by atoms with E-state index >= 15 is 0 Å². The van der Waals surface area contributed by atoms with Gasteiger partial charge in [-0.3, -0.25) is 0 Å². The van der Waals surface area contributed by atoms with Gasteiger partial charge in [0.1, 0.15) is 5.15 Å². The van der Waals surface area contributed by atoms with E-state index in [2.05, 4.69) is 9.72 Å². The van der Waals surface area contributed by atoms with Crippen molar-refractivity contribution in [3.63, 3.8) is 0 Å². The van der Waals surface area contributed by atoms with E-state index < -0.39 is 5.97 Å². The maximum atomic E-state index is 11.0. The van der Waals surface area contributed by atoms with Crippen LogP contribution in [-0.2, 0) is 4.74 Å². The minimum Gasteiger partial charge on any atom is -0.464 e. The van der Waals surface area contributed by atoms with Crippen molar-refractivity contribution in [1.29, 1.82) is 5.26 Å². The molecule has 4 nitrogen and oxygen atoms in total. The molecule has 0 N–H and O–H groups in total. The Balaban J connectivity index is 3.17. The lowest BCUT2D eigenvalue weighted by Crippen LogP contribution is -2.04. The summed E-state index contributed by atoms with van der Waals surface area (Å²) in [6, 6.07) is 4.54. The number of nitrogens with zero attached hydrogens (tertiary/aromatic N) is 2. The van der Waals surface area contributed by atoms with Crippen molar-refractivity contribution >= 4 is 17.6 Å². The van der Waals surface area contributed by atoms with Crippen molar-refractivity contribution in [3.05, 3.63) is 28.5 Å². The number of carbonyl (C=O) groups is 1. The van der Waals surface area contributed by atoms with Gasteiger partial charge in [-0.2, -0.15) is 5.26 Å². The molecular weight excluding hydrogens is 192 g/mol. The molecule has 0 spiro atoms. The van der Waals surface area contributed by atoms with Crippen molar-refractivity contribution in [2.24, 2.45) is 0 Å². The highest BCUT2D eigenvalue weighted by atomic mass is 35.5. The Labute approximate surface area is 79.7 Å². The van der Waals surface area contributed by atoms with Crippen LogP contribution in [0.2, 0.25) is 5.15 Å². The van der Waals surface area contributed by atoms with Gasteiger partial charge >= 0.3 is 5.97 Å². The Hall–Kier alpha value is -1.60. The maximum absolute atomic E-state index is 11.0. The second-order valence-corrected chi connectivity index (χ2v) is 2.55. The van der Waals surface area contributed by atoms with Crippen LogP contribution < -0.4 is 0 Å². The molecule has 0 aromatic carbocycles. The number of esters is 1. The van der Waals surface area contributed by atoms with Crippen LogP contribution in [-0.4, -0.2) is 18.1 Å². The molecule has 1 aromatic rings. The summed E-state index contributed by atoms with van der Waals surface area (Å²) in [6.07, 6.45) is 0. The average Bonchev–Trinajstić information content (AvgIpc) is 2.15. The Morgan fingerprint density at radius 1 is 1.69 bits per heavy atom. The molecular formula is C8H5ClN2O2. The monoisotopic (exact) mass is 196 g/mol. The fourth-order valence-electron chi connectivity index (χ4n) is 0.771. The van der Waals surface area contributed by atoms with Crippen LogP contribution in [0, 0.1) is 11.3 Å².